The first kappa shape index (κ1) is 6.75. The van der Waals surface area contributed by atoms with E-state index in [1.807, 2.05) is 12.4 Å². The Kier molecular flexibility index (Phi) is 1.35. The van der Waals surface area contributed by atoms with Crippen molar-refractivity contribution in [2.75, 3.05) is 7.05 Å². The quantitative estimate of drug-likeness (QED) is 0.537. The molecule has 9 heavy (non-hydrogen) atoms. The van der Waals surface area contributed by atoms with Crippen molar-refractivity contribution in [3.05, 3.63) is 0 Å². The summed E-state index contributed by atoms with van der Waals surface area (Å²) in [6.07, 6.45) is 1.07. The van der Waals surface area contributed by atoms with Crippen LogP contribution < -0.4 is 5.32 Å². The van der Waals surface area contributed by atoms with Gasteiger partial charge in [-0.25, -0.2) is 0 Å². The Hall–Kier alpha value is -0.370. The SMILES string of the molecule is C[NH2+][C@@]1(C(C)=O)CC1C. The van der Waals surface area contributed by atoms with Crippen molar-refractivity contribution in [2.24, 2.45) is 5.92 Å². The molecule has 1 saturated carbocycles. The third kappa shape index (κ3) is 0.778. The van der Waals surface area contributed by atoms with Crippen LogP contribution in [0.25, 0.3) is 0 Å². The van der Waals surface area contributed by atoms with E-state index in [4.69, 9.17) is 0 Å². The Balaban J connectivity index is 2.62. The smallest absolute Gasteiger partial charge is 0.190 e. The molecular weight excluding hydrogens is 114 g/mol. The third-order valence-corrected chi connectivity index (χ3v) is 2.53. The molecule has 0 aliphatic heterocycles. The second-order valence-electron chi connectivity index (χ2n) is 2.99. The molecule has 0 aromatic carbocycles. The first-order chi connectivity index (χ1) is 4.13. The minimum Gasteiger partial charge on any atom is -0.337 e. The predicted octanol–water partition coefficient (Wildman–Crippen LogP) is -0.453. The van der Waals surface area contributed by atoms with Crippen LogP contribution in [-0.2, 0) is 4.79 Å². The topological polar surface area (TPSA) is 33.7 Å². The molecule has 1 aliphatic rings. The second kappa shape index (κ2) is 1.81. The van der Waals surface area contributed by atoms with E-state index in [1.165, 1.54) is 0 Å². The first-order valence-corrected chi connectivity index (χ1v) is 3.45. The van der Waals surface area contributed by atoms with E-state index in [9.17, 15) is 4.79 Å². The van der Waals surface area contributed by atoms with Crippen molar-refractivity contribution in [2.45, 2.75) is 25.8 Å². The molecular formula is C7H14NO+. The van der Waals surface area contributed by atoms with Crippen LogP contribution in [-0.4, -0.2) is 18.4 Å². The highest BCUT2D eigenvalue weighted by Gasteiger charge is 2.58. The number of carbonyl (C=O) groups excluding carboxylic acids is 1. The maximum absolute atomic E-state index is 10.9. The van der Waals surface area contributed by atoms with Gasteiger partial charge in [-0.3, -0.25) is 4.79 Å². The molecule has 0 radical (unpaired) electrons. The molecule has 0 aromatic heterocycles. The van der Waals surface area contributed by atoms with Crippen molar-refractivity contribution in [1.29, 1.82) is 0 Å². The number of nitrogens with two attached hydrogens (primary N) is 1. The minimum absolute atomic E-state index is 0.0139. The Bertz CT molecular complexity index is 140. The number of hydrogen-bond acceptors (Lipinski definition) is 1. The second-order valence-corrected chi connectivity index (χ2v) is 2.99. The van der Waals surface area contributed by atoms with Gasteiger partial charge < -0.3 is 5.32 Å². The van der Waals surface area contributed by atoms with Gasteiger partial charge in [0, 0.05) is 19.3 Å². The van der Waals surface area contributed by atoms with Crippen LogP contribution in [0.1, 0.15) is 20.3 Å². The number of carbonyl (C=O) groups is 1. The minimum atomic E-state index is -0.0139. The Morgan fingerprint density at radius 1 is 1.78 bits per heavy atom. The number of quaternary nitrogens is 1. The average Bonchev–Trinajstić information content (AvgIpc) is 2.43. The summed E-state index contributed by atoms with van der Waals surface area (Å²) in [6.45, 7) is 3.81. The molecule has 0 aromatic rings. The van der Waals surface area contributed by atoms with E-state index in [0.29, 0.717) is 11.7 Å². The molecule has 0 bridgehead atoms. The van der Waals surface area contributed by atoms with Gasteiger partial charge in [-0.1, -0.05) is 6.92 Å². The molecule has 1 aliphatic carbocycles. The molecule has 0 amide bonds. The maximum atomic E-state index is 10.9. The summed E-state index contributed by atoms with van der Waals surface area (Å²) < 4.78 is 0. The van der Waals surface area contributed by atoms with E-state index < -0.39 is 0 Å². The van der Waals surface area contributed by atoms with E-state index in [2.05, 4.69) is 6.92 Å². The highest BCUT2D eigenvalue weighted by molar-refractivity contribution is 5.87. The van der Waals surface area contributed by atoms with Crippen molar-refractivity contribution >= 4 is 5.78 Å². The molecule has 2 nitrogen and oxygen atoms in total. The summed E-state index contributed by atoms with van der Waals surface area (Å²) in [5, 5.41) is 2.04. The first-order valence-electron chi connectivity index (χ1n) is 3.45. The van der Waals surface area contributed by atoms with Crippen LogP contribution in [0.5, 0.6) is 0 Å². The predicted molar refractivity (Wildman–Crippen MR) is 35.0 cm³/mol. The zero-order valence-electron chi connectivity index (χ0n) is 6.27. The molecule has 0 heterocycles. The number of ketones is 1. The lowest BCUT2D eigenvalue weighted by Gasteiger charge is -2.05. The van der Waals surface area contributed by atoms with E-state index >= 15 is 0 Å². The molecule has 1 unspecified atom stereocenters. The maximum Gasteiger partial charge on any atom is 0.190 e. The number of rotatable bonds is 2. The molecule has 1 rings (SSSR count). The fourth-order valence-corrected chi connectivity index (χ4v) is 1.54. The van der Waals surface area contributed by atoms with Gasteiger partial charge in [0.2, 0.25) is 0 Å². The van der Waals surface area contributed by atoms with Gasteiger partial charge >= 0.3 is 0 Å². The fraction of sp³-hybridized carbons (Fsp3) is 0.857. The number of hydrogen-bond donors (Lipinski definition) is 1. The van der Waals surface area contributed by atoms with E-state index in [-0.39, 0.29) is 5.54 Å². The van der Waals surface area contributed by atoms with Crippen molar-refractivity contribution < 1.29 is 10.1 Å². The number of Topliss-reactive ketones (excluding diaryl/α,β-unsaturated/α-hetero) is 1. The molecule has 1 fully saturated rings. The summed E-state index contributed by atoms with van der Waals surface area (Å²) in [7, 11) is 1.98. The Labute approximate surface area is 55.6 Å². The normalized spacial score (nSPS) is 40.6. The highest BCUT2D eigenvalue weighted by Crippen LogP contribution is 2.39. The fourth-order valence-electron chi connectivity index (χ4n) is 1.54. The van der Waals surface area contributed by atoms with Crippen LogP contribution >= 0.6 is 0 Å². The molecule has 0 saturated heterocycles. The summed E-state index contributed by atoms with van der Waals surface area (Å²) in [5.41, 5.74) is -0.0139. The van der Waals surface area contributed by atoms with E-state index in [0.717, 1.165) is 6.42 Å². The zero-order chi connectivity index (χ0) is 7.07. The number of likely N-dealkylation sites (N-methyl/N-ethyl adjacent to an activating group) is 1. The standard InChI is InChI=1S/C7H13NO/c1-5-4-7(5,8-3)6(2)9/h5,8H,4H2,1-3H3/p+1/t5?,7-/m0/s1. The van der Waals surface area contributed by atoms with Gasteiger partial charge in [0.15, 0.2) is 11.3 Å². The van der Waals surface area contributed by atoms with Gasteiger partial charge in [0.05, 0.1) is 7.05 Å². The van der Waals surface area contributed by atoms with Gasteiger partial charge in [-0.2, -0.15) is 0 Å². The van der Waals surface area contributed by atoms with Gasteiger partial charge in [0.1, 0.15) is 0 Å². The lowest BCUT2D eigenvalue weighted by molar-refractivity contribution is -0.666. The molecule has 2 atom stereocenters. The van der Waals surface area contributed by atoms with Gasteiger partial charge in [-0.05, 0) is 0 Å². The van der Waals surface area contributed by atoms with Crippen LogP contribution in [0, 0.1) is 5.92 Å². The Morgan fingerprint density at radius 3 is 2.22 bits per heavy atom. The van der Waals surface area contributed by atoms with Crippen molar-refractivity contribution in [1.82, 2.24) is 0 Å². The lowest BCUT2D eigenvalue weighted by Crippen LogP contribution is -2.91. The van der Waals surface area contributed by atoms with Crippen LogP contribution in [0.4, 0.5) is 0 Å². The lowest BCUT2D eigenvalue weighted by atomic mass is 10.1. The van der Waals surface area contributed by atoms with E-state index in [1.54, 1.807) is 6.92 Å². The van der Waals surface area contributed by atoms with Crippen LogP contribution in [0.15, 0.2) is 0 Å². The zero-order valence-corrected chi connectivity index (χ0v) is 6.27. The Morgan fingerprint density at radius 2 is 2.22 bits per heavy atom. The summed E-state index contributed by atoms with van der Waals surface area (Å²) in [4.78, 5) is 10.9. The molecule has 52 valence electrons. The average molecular weight is 128 g/mol. The van der Waals surface area contributed by atoms with Gasteiger partial charge in [0.25, 0.3) is 0 Å². The molecule has 2 N–H and O–H groups in total. The van der Waals surface area contributed by atoms with Gasteiger partial charge in [-0.15, -0.1) is 0 Å². The van der Waals surface area contributed by atoms with Crippen molar-refractivity contribution in [3.8, 4) is 0 Å². The molecule has 2 heteroatoms. The third-order valence-electron chi connectivity index (χ3n) is 2.53. The molecule has 0 spiro atoms. The largest absolute Gasteiger partial charge is 0.337 e. The highest BCUT2D eigenvalue weighted by atomic mass is 16.1. The summed E-state index contributed by atoms with van der Waals surface area (Å²) in [5.74, 6) is 0.928. The monoisotopic (exact) mass is 128 g/mol. The van der Waals surface area contributed by atoms with Crippen LogP contribution in [0.2, 0.25) is 0 Å². The summed E-state index contributed by atoms with van der Waals surface area (Å²) >= 11 is 0. The van der Waals surface area contributed by atoms with Crippen molar-refractivity contribution in [3.63, 3.8) is 0 Å². The summed E-state index contributed by atoms with van der Waals surface area (Å²) in [6, 6.07) is 0. The van der Waals surface area contributed by atoms with Crippen LogP contribution in [0.3, 0.4) is 0 Å².